The van der Waals surface area contributed by atoms with Crippen molar-refractivity contribution in [2.75, 3.05) is 11.6 Å². The molecule has 3 N–H and O–H groups in total. The van der Waals surface area contributed by atoms with Crippen LogP contribution in [0.5, 0.6) is 0 Å². The van der Waals surface area contributed by atoms with Crippen molar-refractivity contribution in [1.29, 1.82) is 0 Å². The standard InChI is InChI=1S/C17H20N2S2/c1-11(2)12-6-4-7-13(10-12)19-14-8-5-9-15(21-3)16(14)17(18)20/h4-11,19H,1-3H3,(H2,18,20). The lowest BCUT2D eigenvalue weighted by atomic mass is 10.0. The lowest BCUT2D eigenvalue weighted by Gasteiger charge is -2.15. The first-order valence-electron chi connectivity index (χ1n) is 6.86. The van der Waals surface area contributed by atoms with E-state index >= 15 is 0 Å². The van der Waals surface area contributed by atoms with E-state index < -0.39 is 0 Å². The van der Waals surface area contributed by atoms with Crippen LogP contribution < -0.4 is 11.1 Å². The van der Waals surface area contributed by atoms with Crippen LogP contribution in [0.3, 0.4) is 0 Å². The van der Waals surface area contributed by atoms with Gasteiger partial charge in [0.25, 0.3) is 0 Å². The third-order valence-corrected chi connectivity index (χ3v) is 4.31. The Labute approximate surface area is 136 Å². The third kappa shape index (κ3) is 3.77. The molecular weight excluding hydrogens is 296 g/mol. The van der Waals surface area contributed by atoms with E-state index in [-0.39, 0.29) is 0 Å². The zero-order valence-electron chi connectivity index (χ0n) is 12.5. The number of rotatable bonds is 5. The molecule has 0 saturated carbocycles. The first-order valence-corrected chi connectivity index (χ1v) is 8.50. The van der Waals surface area contributed by atoms with Gasteiger partial charge < -0.3 is 11.1 Å². The number of hydrogen-bond donors (Lipinski definition) is 2. The van der Waals surface area contributed by atoms with Crippen LogP contribution in [0.25, 0.3) is 0 Å². The van der Waals surface area contributed by atoms with Crippen molar-refractivity contribution in [1.82, 2.24) is 0 Å². The molecule has 0 aromatic heterocycles. The summed E-state index contributed by atoms with van der Waals surface area (Å²) in [4.78, 5) is 1.51. The van der Waals surface area contributed by atoms with E-state index in [2.05, 4.69) is 43.4 Å². The molecule has 2 rings (SSSR count). The minimum atomic E-state index is 0.419. The number of hydrogen-bond acceptors (Lipinski definition) is 3. The molecule has 2 aromatic rings. The monoisotopic (exact) mass is 316 g/mol. The van der Waals surface area contributed by atoms with E-state index in [0.29, 0.717) is 10.9 Å². The highest BCUT2D eigenvalue weighted by Crippen LogP contribution is 2.30. The van der Waals surface area contributed by atoms with Gasteiger partial charge in [-0.25, -0.2) is 0 Å². The van der Waals surface area contributed by atoms with Crippen molar-refractivity contribution < 1.29 is 0 Å². The SMILES string of the molecule is CSc1cccc(Nc2cccc(C(C)C)c2)c1C(N)=S. The van der Waals surface area contributed by atoms with Crippen LogP contribution in [0.15, 0.2) is 47.4 Å². The summed E-state index contributed by atoms with van der Waals surface area (Å²) in [6, 6.07) is 14.5. The number of benzene rings is 2. The van der Waals surface area contributed by atoms with E-state index in [4.69, 9.17) is 18.0 Å². The summed E-state index contributed by atoms with van der Waals surface area (Å²) in [6.45, 7) is 4.38. The molecular formula is C17H20N2S2. The molecule has 0 saturated heterocycles. The normalized spacial score (nSPS) is 10.7. The maximum absolute atomic E-state index is 5.90. The fourth-order valence-corrected chi connectivity index (χ4v) is 3.11. The lowest BCUT2D eigenvalue weighted by Crippen LogP contribution is -2.13. The Morgan fingerprint density at radius 2 is 1.90 bits per heavy atom. The minimum Gasteiger partial charge on any atom is -0.389 e. The van der Waals surface area contributed by atoms with Gasteiger partial charge >= 0.3 is 0 Å². The van der Waals surface area contributed by atoms with Crippen LogP contribution in [0.1, 0.15) is 30.9 Å². The summed E-state index contributed by atoms with van der Waals surface area (Å²) >= 11 is 6.86. The zero-order valence-corrected chi connectivity index (χ0v) is 14.1. The van der Waals surface area contributed by atoms with Gasteiger partial charge in [-0.2, -0.15) is 0 Å². The second kappa shape index (κ2) is 6.96. The predicted molar refractivity (Wildman–Crippen MR) is 97.9 cm³/mol. The summed E-state index contributed by atoms with van der Waals surface area (Å²) in [5.74, 6) is 0.499. The van der Waals surface area contributed by atoms with Crippen LogP contribution in [-0.4, -0.2) is 11.2 Å². The van der Waals surface area contributed by atoms with Crippen LogP contribution in [0.2, 0.25) is 0 Å². The summed E-state index contributed by atoms with van der Waals surface area (Å²) in [5.41, 5.74) is 10.1. The van der Waals surface area contributed by atoms with Crippen LogP contribution in [0.4, 0.5) is 11.4 Å². The average molecular weight is 316 g/mol. The Morgan fingerprint density at radius 3 is 2.52 bits per heavy atom. The molecule has 2 aromatic carbocycles. The molecule has 0 aliphatic carbocycles. The van der Waals surface area contributed by atoms with Gasteiger partial charge in [-0.1, -0.05) is 44.3 Å². The summed E-state index contributed by atoms with van der Waals surface area (Å²) in [5, 5.41) is 3.44. The predicted octanol–water partition coefficient (Wildman–Crippen LogP) is 4.91. The fourth-order valence-electron chi connectivity index (χ4n) is 2.19. The number of nitrogens with one attached hydrogen (secondary N) is 1. The molecule has 0 atom stereocenters. The van der Waals surface area contributed by atoms with Gasteiger partial charge in [-0.05, 0) is 42.0 Å². The molecule has 21 heavy (non-hydrogen) atoms. The Kier molecular flexibility index (Phi) is 5.26. The van der Waals surface area contributed by atoms with Gasteiger partial charge in [0.1, 0.15) is 4.99 Å². The molecule has 0 aliphatic rings. The second-order valence-corrected chi connectivity index (χ2v) is 6.44. The summed E-state index contributed by atoms with van der Waals surface area (Å²) in [6.07, 6.45) is 2.03. The van der Waals surface area contributed by atoms with E-state index in [1.54, 1.807) is 11.8 Å². The van der Waals surface area contributed by atoms with Gasteiger partial charge in [-0.3, -0.25) is 0 Å². The second-order valence-electron chi connectivity index (χ2n) is 5.15. The van der Waals surface area contributed by atoms with E-state index in [1.165, 1.54) is 5.56 Å². The molecule has 2 nitrogen and oxygen atoms in total. The topological polar surface area (TPSA) is 38.0 Å². The largest absolute Gasteiger partial charge is 0.389 e. The smallest absolute Gasteiger partial charge is 0.107 e. The van der Waals surface area contributed by atoms with Crippen LogP contribution in [0, 0.1) is 0 Å². The van der Waals surface area contributed by atoms with Crippen LogP contribution >= 0.6 is 24.0 Å². The maximum atomic E-state index is 5.90. The number of thioether (sulfide) groups is 1. The van der Waals surface area contributed by atoms with Crippen molar-refractivity contribution in [2.24, 2.45) is 5.73 Å². The number of nitrogens with two attached hydrogens (primary N) is 1. The van der Waals surface area contributed by atoms with Crippen molar-refractivity contribution in [3.8, 4) is 0 Å². The number of anilines is 2. The Bertz CT molecular complexity index is 651. The van der Waals surface area contributed by atoms with Crippen molar-refractivity contribution >= 4 is 40.3 Å². The van der Waals surface area contributed by atoms with Gasteiger partial charge in [0, 0.05) is 21.8 Å². The molecule has 110 valence electrons. The van der Waals surface area contributed by atoms with Crippen molar-refractivity contribution in [3.05, 3.63) is 53.6 Å². The fraction of sp³-hybridized carbons (Fsp3) is 0.235. The molecule has 0 amide bonds. The third-order valence-electron chi connectivity index (χ3n) is 3.32. The minimum absolute atomic E-state index is 0.419. The highest BCUT2D eigenvalue weighted by atomic mass is 32.2. The Balaban J connectivity index is 2.40. The lowest BCUT2D eigenvalue weighted by molar-refractivity contribution is 0.867. The van der Waals surface area contributed by atoms with Gasteiger partial charge in [0.05, 0.1) is 0 Å². The molecule has 0 spiro atoms. The van der Waals surface area contributed by atoms with Gasteiger partial charge in [0.15, 0.2) is 0 Å². The molecule has 0 bridgehead atoms. The summed E-state index contributed by atoms with van der Waals surface area (Å²) in [7, 11) is 0. The van der Waals surface area contributed by atoms with Gasteiger partial charge in [-0.15, -0.1) is 11.8 Å². The van der Waals surface area contributed by atoms with Crippen molar-refractivity contribution in [2.45, 2.75) is 24.7 Å². The van der Waals surface area contributed by atoms with E-state index in [0.717, 1.165) is 21.8 Å². The van der Waals surface area contributed by atoms with E-state index in [1.807, 2.05) is 24.5 Å². The molecule has 4 heteroatoms. The van der Waals surface area contributed by atoms with Crippen molar-refractivity contribution in [3.63, 3.8) is 0 Å². The maximum Gasteiger partial charge on any atom is 0.107 e. The zero-order chi connectivity index (χ0) is 15.4. The Morgan fingerprint density at radius 1 is 1.19 bits per heavy atom. The summed E-state index contributed by atoms with van der Waals surface area (Å²) < 4.78 is 0. The van der Waals surface area contributed by atoms with Crippen LogP contribution in [-0.2, 0) is 0 Å². The number of thiocarbonyl (C=S) groups is 1. The molecule has 0 radical (unpaired) electrons. The average Bonchev–Trinajstić information content (AvgIpc) is 2.46. The first-order chi connectivity index (χ1) is 10.0. The Hall–Kier alpha value is -1.52. The van der Waals surface area contributed by atoms with E-state index in [9.17, 15) is 0 Å². The van der Waals surface area contributed by atoms with Gasteiger partial charge in [0.2, 0.25) is 0 Å². The first kappa shape index (κ1) is 15.9. The highest BCUT2D eigenvalue weighted by Gasteiger charge is 2.11. The molecule has 0 fully saturated rings. The molecule has 0 heterocycles. The molecule has 0 unspecified atom stereocenters. The molecule has 0 aliphatic heterocycles. The highest BCUT2D eigenvalue weighted by molar-refractivity contribution is 7.98. The quantitative estimate of drug-likeness (QED) is 0.607.